The highest BCUT2D eigenvalue weighted by Crippen LogP contribution is 2.37. The Morgan fingerprint density at radius 2 is 2.08 bits per heavy atom. The number of aromatic nitrogens is 2. The molecule has 0 bridgehead atoms. The van der Waals surface area contributed by atoms with Crippen molar-refractivity contribution in [1.29, 1.82) is 0 Å². The number of nitrogens with zero attached hydrogens (tertiary/aromatic N) is 2. The predicted molar refractivity (Wildman–Crippen MR) is 102 cm³/mol. The Labute approximate surface area is 154 Å². The number of nitrogens with one attached hydrogen (secondary N) is 1. The minimum absolute atomic E-state index is 0.0143. The molecule has 26 heavy (non-hydrogen) atoms. The summed E-state index contributed by atoms with van der Waals surface area (Å²) in [6.45, 7) is 0.268. The smallest absolute Gasteiger partial charge is 0.268 e. The SMILES string of the molecule is CN(Cc1nc2ccsc2c(=O)[nH]1)C(=O)C1CCC(N)c2ccccc21. The Morgan fingerprint density at radius 1 is 1.31 bits per heavy atom. The summed E-state index contributed by atoms with van der Waals surface area (Å²) in [6, 6.07) is 9.70. The van der Waals surface area contributed by atoms with E-state index in [-0.39, 0.29) is 30.0 Å². The van der Waals surface area contributed by atoms with Gasteiger partial charge in [0.2, 0.25) is 5.91 Å². The molecule has 2 unspecified atom stereocenters. The molecule has 0 fully saturated rings. The Bertz CT molecular complexity index is 1030. The van der Waals surface area contributed by atoms with Gasteiger partial charge < -0.3 is 15.6 Å². The molecule has 0 saturated carbocycles. The topological polar surface area (TPSA) is 92.1 Å². The van der Waals surface area contributed by atoms with E-state index in [0.717, 1.165) is 24.0 Å². The van der Waals surface area contributed by atoms with Crippen molar-refractivity contribution in [3.8, 4) is 0 Å². The first-order valence-electron chi connectivity index (χ1n) is 8.60. The molecule has 3 aromatic rings. The largest absolute Gasteiger partial charge is 0.338 e. The zero-order chi connectivity index (χ0) is 18.3. The number of carbonyl (C=O) groups excluding carboxylic acids is 1. The Hall–Kier alpha value is -2.51. The maximum Gasteiger partial charge on any atom is 0.268 e. The van der Waals surface area contributed by atoms with Crippen LogP contribution in [0.15, 0.2) is 40.5 Å². The van der Waals surface area contributed by atoms with Gasteiger partial charge in [-0.25, -0.2) is 4.98 Å². The summed E-state index contributed by atoms with van der Waals surface area (Å²) in [5.74, 6) is 0.322. The fourth-order valence-electron chi connectivity index (χ4n) is 3.64. The Kier molecular flexibility index (Phi) is 4.34. The van der Waals surface area contributed by atoms with Crippen LogP contribution in [0, 0.1) is 0 Å². The van der Waals surface area contributed by atoms with Crippen molar-refractivity contribution in [2.24, 2.45) is 5.73 Å². The van der Waals surface area contributed by atoms with Gasteiger partial charge in [0, 0.05) is 13.1 Å². The minimum atomic E-state index is -0.201. The van der Waals surface area contributed by atoms with Crippen LogP contribution in [-0.4, -0.2) is 27.8 Å². The van der Waals surface area contributed by atoms with Gasteiger partial charge in [0.1, 0.15) is 10.5 Å². The number of fused-ring (bicyclic) bond motifs is 2. The van der Waals surface area contributed by atoms with E-state index in [0.29, 0.717) is 16.0 Å². The molecule has 0 aliphatic heterocycles. The normalized spacial score (nSPS) is 19.3. The number of hydrogen-bond donors (Lipinski definition) is 2. The number of nitrogens with two attached hydrogens (primary N) is 1. The third kappa shape index (κ3) is 2.93. The second kappa shape index (κ2) is 6.66. The zero-order valence-corrected chi connectivity index (χ0v) is 15.3. The molecule has 0 saturated heterocycles. The molecule has 134 valence electrons. The molecular weight excluding hydrogens is 348 g/mol. The summed E-state index contributed by atoms with van der Waals surface area (Å²) >= 11 is 1.36. The maximum absolute atomic E-state index is 13.0. The zero-order valence-electron chi connectivity index (χ0n) is 14.4. The van der Waals surface area contributed by atoms with Crippen LogP contribution in [0.5, 0.6) is 0 Å². The molecule has 1 aliphatic carbocycles. The first kappa shape index (κ1) is 16.9. The van der Waals surface area contributed by atoms with Crippen molar-refractivity contribution >= 4 is 27.5 Å². The van der Waals surface area contributed by atoms with Gasteiger partial charge in [-0.2, -0.15) is 0 Å². The summed E-state index contributed by atoms with van der Waals surface area (Å²) in [4.78, 5) is 34.0. The van der Waals surface area contributed by atoms with Crippen LogP contribution < -0.4 is 11.3 Å². The van der Waals surface area contributed by atoms with Gasteiger partial charge in [-0.1, -0.05) is 24.3 Å². The van der Waals surface area contributed by atoms with Crippen molar-refractivity contribution < 1.29 is 4.79 Å². The lowest BCUT2D eigenvalue weighted by Gasteiger charge is -2.31. The van der Waals surface area contributed by atoms with Crippen LogP contribution in [-0.2, 0) is 11.3 Å². The van der Waals surface area contributed by atoms with Crippen molar-refractivity contribution in [2.45, 2.75) is 31.3 Å². The lowest BCUT2D eigenvalue weighted by atomic mass is 9.79. The lowest BCUT2D eigenvalue weighted by molar-refractivity contribution is -0.132. The average molecular weight is 368 g/mol. The fraction of sp³-hybridized carbons (Fsp3) is 0.316. The molecule has 1 aromatic carbocycles. The number of likely N-dealkylation sites (N-methyl/N-ethyl adjacent to an activating group) is 1. The molecule has 6 nitrogen and oxygen atoms in total. The molecule has 3 N–H and O–H groups in total. The van der Waals surface area contributed by atoms with E-state index in [1.165, 1.54) is 11.3 Å². The van der Waals surface area contributed by atoms with Gasteiger partial charge >= 0.3 is 0 Å². The van der Waals surface area contributed by atoms with Gasteiger partial charge in [0.05, 0.1) is 18.0 Å². The van der Waals surface area contributed by atoms with Crippen molar-refractivity contribution in [2.75, 3.05) is 7.05 Å². The monoisotopic (exact) mass is 368 g/mol. The number of H-pyrrole nitrogens is 1. The first-order chi connectivity index (χ1) is 12.5. The van der Waals surface area contributed by atoms with E-state index >= 15 is 0 Å². The highest BCUT2D eigenvalue weighted by Gasteiger charge is 2.31. The quantitative estimate of drug-likeness (QED) is 0.743. The third-order valence-corrected chi connectivity index (χ3v) is 5.86. The molecule has 1 aliphatic rings. The van der Waals surface area contributed by atoms with Crippen LogP contribution in [0.25, 0.3) is 10.2 Å². The summed E-state index contributed by atoms with van der Waals surface area (Å²) < 4.78 is 0.609. The van der Waals surface area contributed by atoms with Gasteiger partial charge in [-0.05, 0) is 35.4 Å². The van der Waals surface area contributed by atoms with Crippen molar-refractivity contribution in [3.63, 3.8) is 0 Å². The number of rotatable bonds is 3. The number of carbonyl (C=O) groups is 1. The second-order valence-corrected chi connectivity index (χ2v) is 7.62. The highest BCUT2D eigenvalue weighted by atomic mass is 32.1. The van der Waals surface area contributed by atoms with Crippen LogP contribution in [0.4, 0.5) is 0 Å². The Morgan fingerprint density at radius 3 is 2.88 bits per heavy atom. The molecule has 1 amide bonds. The highest BCUT2D eigenvalue weighted by molar-refractivity contribution is 7.17. The molecule has 4 rings (SSSR count). The number of benzene rings is 1. The second-order valence-electron chi connectivity index (χ2n) is 6.71. The van der Waals surface area contributed by atoms with Crippen LogP contribution >= 0.6 is 11.3 Å². The van der Waals surface area contributed by atoms with E-state index in [2.05, 4.69) is 9.97 Å². The maximum atomic E-state index is 13.0. The fourth-order valence-corrected chi connectivity index (χ4v) is 4.37. The van der Waals surface area contributed by atoms with E-state index in [9.17, 15) is 9.59 Å². The third-order valence-electron chi connectivity index (χ3n) is 4.96. The molecule has 2 atom stereocenters. The predicted octanol–water partition coefficient (Wildman–Crippen LogP) is 2.52. The molecular formula is C19H20N4O2S. The van der Waals surface area contributed by atoms with E-state index in [4.69, 9.17) is 5.73 Å². The average Bonchev–Trinajstić information content (AvgIpc) is 3.11. The van der Waals surface area contributed by atoms with Crippen LogP contribution in [0.3, 0.4) is 0 Å². The summed E-state index contributed by atoms with van der Waals surface area (Å²) in [7, 11) is 1.75. The number of thiophene rings is 1. The van der Waals surface area contributed by atoms with Gasteiger partial charge in [-0.3, -0.25) is 9.59 Å². The summed E-state index contributed by atoms with van der Waals surface area (Å²) in [5, 5.41) is 1.84. The van der Waals surface area contributed by atoms with Gasteiger partial charge in [-0.15, -0.1) is 11.3 Å². The summed E-state index contributed by atoms with van der Waals surface area (Å²) in [5.41, 5.74) is 8.77. The van der Waals surface area contributed by atoms with E-state index in [1.807, 2.05) is 35.7 Å². The molecule has 0 spiro atoms. The number of hydrogen-bond acceptors (Lipinski definition) is 5. The molecule has 2 aromatic heterocycles. The number of aromatic amines is 1. The molecule has 7 heteroatoms. The lowest BCUT2D eigenvalue weighted by Crippen LogP contribution is -2.35. The molecule has 2 heterocycles. The molecule has 0 radical (unpaired) electrons. The first-order valence-corrected chi connectivity index (χ1v) is 9.48. The van der Waals surface area contributed by atoms with Crippen LogP contribution in [0.2, 0.25) is 0 Å². The minimum Gasteiger partial charge on any atom is -0.338 e. The summed E-state index contributed by atoms with van der Waals surface area (Å²) in [6.07, 6.45) is 1.52. The standard InChI is InChI=1S/C19H20N4O2S/c1-23(10-16-21-15-8-9-26-17(15)18(24)22-16)19(25)13-6-7-14(20)12-5-3-2-4-11(12)13/h2-5,8-9,13-14H,6-7,10,20H2,1H3,(H,21,22,24). The van der Waals surface area contributed by atoms with Crippen LogP contribution in [0.1, 0.15) is 41.8 Å². The van der Waals surface area contributed by atoms with Crippen molar-refractivity contribution in [1.82, 2.24) is 14.9 Å². The Balaban J connectivity index is 1.58. The van der Waals surface area contributed by atoms with E-state index < -0.39 is 0 Å². The van der Waals surface area contributed by atoms with E-state index in [1.54, 1.807) is 11.9 Å². The van der Waals surface area contributed by atoms with Crippen molar-refractivity contribution in [3.05, 3.63) is 63.0 Å². The number of amides is 1. The van der Waals surface area contributed by atoms with Gasteiger partial charge in [0.15, 0.2) is 0 Å². The van der Waals surface area contributed by atoms with Gasteiger partial charge in [0.25, 0.3) is 5.56 Å².